The molecule has 0 unspecified atom stereocenters. The van der Waals surface area contributed by atoms with Crippen molar-refractivity contribution in [3.05, 3.63) is 46.8 Å². The Bertz CT molecular complexity index is 1140. The van der Waals surface area contributed by atoms with Gasteiger partial charge in [-0.3, -0.25) is 4.79 Å². The van der Waals surface area contributed by atoms with E-state index in [0.717, 1.165) is 5.69 Å². The Morgan fingerprint density at radius 3 is 2.55 bits per heavy atom. The predicted octanol–water partition coefficient (Wildman–Crippen LogP) is 2.13. The number of nitrogens with one attached hydrogen (secondary N) is 2. The standard InChI is InChI=1S/C23H32N4O5S/c1-6-32-23(29)21-17(4)25-18(5)22(21)33(30,31)24-13-20(28)26-10-11-27(16(3)14-26)19-9-7-8-15(2)12-19/h7-9,12,16,24-25H,6,10-11,13-14H2,1-5H3/t16-/m0/s1. The number of amides is 1. The normalized spacial score (nSPS) is 16.7. The summed E-state index contributed by atoms with van der Waals surface area (Å²) < 4.78 is 33.4. The molecule has 0 spiro atoms. The topological polar surface area (TPSA) is 112 Å². The van der Waals surface area contributed by atoms with Crippen LogP contribution in [0, 0.1) is 20.8 Å². The van der Waals surface area contributed by atoms with E-state index < -0.39 is 16.0 Å². The van der Waals surface area contributed by atoms with E-state index in [2.05, 4.69) is 26.7 Å². The van der Waals surface area contributed by atoms with E-state index in [1.807, 2.05) is 26.0 Å². The third kappa shape index (κ3) is 5.39. The van der Waals surface area contributed by atoms with Gasteiger partial charge in [0, 0.05) is 42.8 Å². The highest BCUT2D eigenvalue weighted by Gasteiger charge is 2.32. The first-order valence-electron chi connectivity index (χ1n) is 11.0. The van der Waals surface area contributed by atoms with Crippen LogP contribution in [-0.4, -0.2) is 69.0 Å². The third-order valence-corrected chi connectivity index (χ3v) is 7.36. The van der Waals surface area contributed by atoms with Crippen molar-refractivity contribution in [2.75, 3.05) is 37.7 Å². The number of sulfonamides is 1. The van der Waals surface area contributed by atoms with E-state index >= 15 is 0 Å². The SMILES string of the molecule is CCOC(=O)c1c(C)[nH]c(C)c1S(=O)(=O)NCC(=O)N1CCN(c2cccc(C)c2)[C@@H](C)C1. The first-order valence-corrected chi connectivity index (χ1v) is 12.5. The third-order valence-electron chi connectivity index (χ3n) is 5.79. The van der Waals surface area contributed by atoms with Gasteiger partial charge in [0.25, 0.3) is 0 Å². The minimum absolute atomic E-state index is 0.0327. The highest BCUT2D eigenvalue weighted by Crippen LogP contribution is 2.25. The summed E-state index contributed by atoms with van der Waals surface area (Å²) >= 11 is 0. The van der Waals surface area contributed by atoms with Crippen LogP contribution in [0.25, 0.3) is 0 Å². The molecule has 1 fully saturated rings. The molecule has 0 radical (unpaired) electrons. The van der Waals surface area contributed by atoms with Gasteiger partial charge >= 0.3 is 5.97 Å². The molecule has 9 nitrogen and oxygen atoms in total. The number of carbonyl (C=O) groups is 2. The number of ether oxygens (including phenoxy) is 1. The van der Waals surface area contributed by atoms with Crippen LogP contribution in [0.5, 0.6) is 0 Å². The van der Waals surface area contributed by atoms with Crippen LogP contribution in [0.3, 0.4) is 0 Å². The highest BCUT2D eigenvalue weighted by atomic mass is 32.2. The van der Waals surface area contributed by atoms with Gasteiger partial charge in [0.1, 0.15) is 10.5 Å². The summed E-state index contributed by atoms with van der Waals surface area (Å²) in [6.45, 7) is 10.3. The molecule has 2 aromatic rings. The molecule has 0 bridgehead atoms. The molecule has 2 N–H and O–H groups in total. The molecule has 180 valence electrons. The number of carbonyl (C=O) groups excluding carboxylic acids is 2. The number of H-pyrrole nitrogens is 1. The average Bonchev–Trinajstić information content (AvgIpc) is 3.06. The first-order chi connectivity index (χ1) is 15.5. The summed E-state index contributed by atoms with van der Waals surface area (Å²) in [6, 6.07) is 8.31. The number of hydrogen-bond acceptors (Lipinski definition) is 6. The second kappa shape index (κ2) is 9.96. The van der Waals surface area contributed by atoms with Gasteiger partial charge in [-0.25, -0.2) is 17.9 Å². The lowest BCUT2D eigenvalue weighted by atomic mass is 10.1. The fourth-order valence-corrected chi connectivity index (χ4v) is 5.68. The van der Waals surface area contributed by atoms with E-state index in [4.69, 9.17) is 4.74 Å². The van der Waals surface area contributed by atoms with Crippen LogP contribution in [0.1, 0.15) is 41.2 Å². The van der Waals surface area contributed by atoms with Crippen LogP contribution in [-0.2, 0) is 19.6 Å². The molecule has 1 aliphatic heterocycles. The molecule has 2 heterocycles. The molecular weight excluding hydrogens is 444 g/mol. The number of esters is 1. The lowest BCUT2D eigenvalue weighted by Crippen LogP contribution is -2.55. The van der Waals surface area contributed by atoms with Crippen molar-refractivity contribution >= 4 is 27.6 Å². The number of anilines is 1. The van der Waals surface area contributed by atoms with Crippen molar-refractivity contribution < 1.29 is 22.7 Å². The van der Waals surface area contributed by atoms with Gasteiger partial charge in [0.05, 0.1) is 13.2 Å². The van der Waals surface area contributed by atoms with Gasteiger partial charge in [0.2, 0.25) is 15.9 Å². The Morgan fingerprint density at radius 2 is 1.91 bits per heavy atom. The largest absolute Gasteiger partial charge is 0.462 e. The molecule has 1 saturated heterocycles. The summed E-state index contributed by atoms with van der Waals surface area (Å²) in [5.41, 5.74) is 2.97. The van der Waals surface area contributed by atoms with Crippen molar-refractivity contribution in [1.29, 1.82) is 0 Å². The Morgan fingerprint density at radius 1 is 1.18 bits per heavy atom. The zero-order valence-corrected chi connectivity index (χ0v) is 20.6. The van der Waals surface area contributed by atoms with Gasteiger partial charge in [-0.05, 0) is 52.3 Å². The molecule has 1 atom stereocenters. The Kier molecular flexibility index (Phi) is 7.48. The summed E-state index contributed by atoms with van der Waals surface area (Å²) in [7, 11) is -4.11. The van der Waals surface area contributed by atoms with E-state index in [9.17, 15) is 18.0 Å². The number of nitrogens with zero attached hydrogens (tertiary/aromatic N) is 2. The minimum atomic E-state index is -4.11. The Balaban J connectivity index is 1.67. The van der Waals surface area contributed by atoms with Crippen LogP contribution in [0.15, 0.2) is 29.2 Å². The highest BCUT2D eigenvalue weighted by molar-refractivity contribution is 7.89. The Labute approximate surface area is 195 Å². The molecule has 1 aromatic heterocycles. The van der Waals surface area contributed by atoms with Crippen molar-refractivity contribution in [2.24, 2.45) is 0 Å². The van der Waals surface area contributed by atoms with E-state index in [0.29, 0.717) is 31.0 Å². The molecule has 0 aliphatic carbocycles. The molecule has 1 amide bonds. The molecule has 33 heavy (non-hydrogen) atoms. The maximum absolute atomic E-state index is 13.0. The lowest BCUT2D eigenvalue weighted by molar-refractivity contribution is -0.130. The minimum Gasteiger partial charge on any atom is -0.462 e. The molecule has 10 heteroatoms. The number of piperazine rings is 1. The van der Waals surface area contributed by atoms with Crippen LogP contribution < -0.4 is 9.62 Å². The van der Waals surface area contributed by atoms with Crippen molar-refractivity contribution in [3.8, 4) is 0 Å². The maximum Gasteiger partial charge on any atom is 0.341 e. The zero-order valence-electron chi connectivity index (χ0n) is 19.8. The number of benzene rings is 1. The van der Waals surface area contributed by atoms with Crippen molar-refractivity contribution in [2.45, 2.75) is 45.6 Å². The number of rotatable bonds is 7. The van der Waals surface area contributed by atoms with Gasteiger partial charge in [-0.15, -0.1) is 0 Å². The van der Waals surface area contributed by atoms with Gasteiger partial charge < -0.3 is 19.5 Å². The molecule has 0 saturated carbocycles. The van der Waals surface area contributed by atoms with E-state index in [-0.39, 0.29) is 35.6 Å². The predicted molar refractivity (Wildman–Crippen MR) is 126 cm³/mol. The van der Waals surface area contributed by atoms with E-state index in [1.54, 1.807) is 25.7 Å². The van der Waals surface area contributed by atoms with Crippen LogP contribution >= 0.6 is 0 Å². The Hall–Kier alpha value is -2.85. The molecule has 3 rings (SSSR count). The smallest absolute Gasteiger partial charge is 0.341 e. The fraction of sp³-hybridized carbons (Fsp3) is 0.478. The van der Waals surface area contributed by atoms with E-state index in [1.165, 1.54) is 5.56 Å². The average molecular weight is 477 g/mol. The number of aromatic nitrogens is 1. The summed E-state index contributed by atoms with van der Waals surface area (Å²) in [5.74, 6) is -1.02. The number of aryl methyl sites for hydroxylation is 3. The number of aromatic amines is 1. The zero-order chi connectivity index (χ0) is 24.3. The van der Waals surface area contributed by atoms with Crippen molar-refractivity contribution in [1.82, 2.24) is 14.6 Å². The van der Waals surface area contributed by atoms with Crippen LogP contribution in [0.4, 0.5) is 5.69 Å². The van der Waals surface area contributed by atoms with Gasteiger partial charge in [-0.2, -0.15) is 0 Å². The summed E-state index contributed by atoms with van der Waals surface area (Å²) in [4.78, 5) is 31.8. The first kappa shape index (κ1) is 24.8. The maximum atomic E-state index is 13.0. The van der Waals surface area contributed by atoms with Crippen LogP contribution in [0.2, 0.25) is 0 Å². The quantitative estimate of drug-likeness (QED) is 0.592. The summed E-state index contributed by atoms with van der Waals surface area (Å²) in [6.07, 6.45) is 0. The second-order valence-corrected chi connectivity index (χ2v) is 10.0. The molecule has 1 aliphatic rings. The fourth-order valence-electron chi connectivity index (χ4n) is 4.26. The number of hydrogen-bond donors (Lipinski definition) is 2. The van der Waals surface area contributed by atoms with Crippen molar-refractivity contribution in [3.63, 3.8) is 0 Å². The summed E-state index contributed by atoms with van der Waals surface area (Å²) in [5, 5.41) is 0. The molecule has 1 aromatic carbocycles. The van der Waals surface area contributed by atoms with Gasteiger partial charge in [-0.1, -0.05) is 12.1 Å². The monoisotopic (exact) mass is 476 g/mol. The molecular formula is C23H32N4O5S. The lowest BCUT2D eigenvalue weighted by Gasteiger charge is -2.41. The second-order valence-electron chi connectivity index (χ2n) is 8.35. The van der Waals surface area contributed by atoms with Gasteiger partial charge in [0.15, 0.2) is 0 Å².